The van der Waals surface area contributed by atoms with Gasteiger partial charge in [-0.05, 0) is 36.5 Å². The molecule has 0 fully saturated rings. The van der Waals surface area contributed by atoms with Crippen molar-refractivity contribution in [2.75, 3.05) is 0 Å². The number of aromatic nitrogens is 3. The summed E-state index contributed by atoms with van der Waals surface area (Å²) in [6.45, 7) is 0. The van der Waals surface area contributed by atoms with E-state index in [1.54, 1.807) is 17.6 Å². The first-order chi connectivity index (χ1) is 8.66. The van der Waals surface area contributed by atoms with Crippen LogP contribution in [0.15, 0.2) is 34.6 Å². The summed E-state index contributed by atoms with van der Waals surface area (Å²) in [6.07, 6.45) is 0. The van der Waals surface area contributed by atoms with E-state index in [0.29, 0.717) is 16.0 Å². The molecule has 2 aromatic heterocycles. The van der Waals surface area contributed by atoms with Gasteiger partial charge in [0.05, 0.1) is 11.2 Å². The number of hydrogen-bond donors (Lipinski definition) is 2. The number of nitrogens with one attached hydrogen (secondary N) is 1. The Morgan fingerprint density at radius 2 is 2.06 bits per heavy atom. The normalized spacial score (nSPS) is 10.9. The summed E-state index contributed by atoms with van der Waals surface area (Å²) in [4.78, 5) is 19.2. The lowest BCUT2D eigenvalue weighted by Crippen LogP contribution is -2.19. The second kappa shape index (κ2) is 4.04. The fourth-order valence-corrected chi connectivity index (χ4v) is 2.63. The van der Waals surface area contributed by atoms with Crippen LogP contribution in [-0.4, -0.2) is 19.6 Å². The topological polar surface area (TPSA) is 70.9 Å². The molecule has 0 saturated carbocycles. The van der Waals surface area contributed by atoms with Gasteiger partial charge < -0.3 is 10.1 Å². The first kappa shape index (κ1) is 11.1. The Hall–Kier alpha value is -1.99. The van der Waals surface area contributed by atoms with Crippen molar-refractivity contribution in [3.8, 4) is 11.4 Å². The average Bonchev–Trinajstić information content (AvgIpc) is 2.80. The minimum absolute atomic E-state index is 0.139. The van der Waals surface area contributed by atoms with Crippen LogP contribution in [0.3, 0.4) is 0 Å². The van der Waals surface area contributed by atoms with Crippen LogP contribution in [0.2, 0.25) is 0 Å². The third-order valence-corrected chi connectivity index (χ3v) is 3.60. The molecule has 18 heavy (non-hydrogen) atoms. The maximum Gasteiger partial charge on any atom is 0.278 e. The van der Waals surface area contributed by atoms with Gasteiger partial charge >= 0.3 is 0 Å². The number of rotatable bonds is 1. The van der Waals surface area contributed by atoms with E-state index in [4.69, 9.17) is 12.2 Å². The average molecular weight is 277 g/mol. The van der Waals surface area contributed by atoms with Crippen LogP contribution in [0.1, 0.15) is 0 Å². The molecule has 0 amide bonds. The van der Waals surface area contributed by atoms with E-state index in [0.717, 1.165) is 0 Å². The van der Waals surface area contributed by atoms with Crippen molar-refractivity contribution in [1.29, 1.82) is 0 Å². The van der Waals surface area contributed by atoms with Crippen molar-refractivity contribution in [3.63, 3.8) is 0 Å². The van der Waals surface area contributed by atoms with Gasteiger partial charge in [-0.1, -0.05) is 0 Å². The van der Waals surface area contributed by atoms with Gasteiger partial charge in [-0.2, -0.15) is 0 Å². The largest absolute Gasteiger partial charge is 0.508 e. The summed E-state index contributed by atoms with van der Waals surface area (Å²) < 4.78 is 2.19. The molecule has 2 N–H and O–H groups in total. The van der Waals surface area contributed by atoms with Crippen LogP contribution in [-0.2, 0) is 0 Å². The van der Waals surface area contributed by atoms with Crippen LogP contribution in [0.25, 0.3) is 16.0 Å². The van der Waals surface area contributed by atoms with Crippen molar-refractivity contribution in [2.45, 2.75) is 0 Å². The highest BCUT2D eigenvalue weighted by atomic mass is 32.1. The van der Waals surface area contributed by atoms with Crippen LogP contribution < -0.4 is 5.56 Å². The molecule has 90 valence electrons. The minimum atomic E-state index is -0.207. The Balaban J connectivity index is 2.38. The first-order valence-corrected chi connectivity index (χ1v) is 6.33. The van der Waals surface area contributed by atoms with Crippen molar-refractivity contribution in [3.05, 3.63) is 44.9 Å². The maximum atomic E-state index is 12.3. The SMILES string of the molecule is O=c1c2scnc2[nH]c(=S)n1-c1ccc(O)cc1. The molecular weight excluding hydrogens is 270 g/mol. The summed E-state index contributed by atoms with van der Waals surface area (Å²) in [6, 6.07) is 6.28. The number of hydrogen-bond acceptors (Lipinski definition) is 5. The number of fused-ring (bicyclic) bond motifs is 1. The Morgan fingerprint density at radius 3 is 2.78 bits per heavy atom. The van der Waals surface area contributed by atoms with E-state index in [2.05, 4.69) is 9.97 Å². The van der Waals surface area contributed by atoms with Crippen LogP contribution in [0.4, 0.5) is 0 Å². The second-order valence-corrected chi connectivity index (χ2v) is 4.86. The summed E-state index contributed by atoms with van der Waals surface area (Å²) in [5.41, 5.74) is 2.50. The van der Waals surface area contributed by atoms with E-state index in [1.807, 2.05) is 0 Å². The maximum absolute atomic E-state index is 12.3. The molecule has 0 saturated heterocycles. The molecule has 2 heterocycles. The van der Waals surface area contributed by atoms with E-state index in [1.165, 1.54) is 28.0 Å². The van der Waals surface area contributed by atoms with E-state index in [-0.39, 0.29) is 16.1 Å². The van der Waals surface area contributed by atoms with Gasteiger partial charge in [0.15, 0.2) is 10.4 Å². The molecule has 3 rings (SSSR count). The molecule has 0 bridgehead atoms. The smallest absolute Gasteiger partial charge is 0.278 e. The zero-order valence-electron chi connectivity index (χ0n) is 8.95. The highest BCUT2D eigenvalue weighted by Crippen LogP contribution is 2.15. The molecule has 5 nitrogen and oxygen atoms in total. The van der Waals surface area contributed by atoms with Crippen LogP contribution >= 0.6 is 23.6 Å². The van der Waals surface area contributed by atoms with Gasteiger partial charge in [0, 0.05) is 0 Å². The summed E-state index contributed by atoms with van der Waals surface area (Å²) in [7, 11) is 0. The van der Waals surface area contributed by atoms with Crippen LogP contribution in [0, 0.1) is 4.77 Å². The molecule has 0 radical (unpaired) electrons. The highest BCUT2D eigenvalue weighted by Gasteiger charge is 2.09. The number of phenolic OH excluding ortho intramolecular Hbond substituents is 1. The van der Waals surface area contributed by atoms with Crippen molar-refractivity contribution in [1.82, 2.24) is 14.5 Å². The third-order valence-electron chi connectivity index (χ3n) is 2.50. The van der Waals surface area contributed by atoms with Gasteiger partial charge in [0.25, 0.3) is 5.56 Å². The van der Waals surface area contributed by atoms with Gasteiger partial charge in [-0.15, -0.1) is 11.3 Å². The molecule has 0 atom stereocenters. The van der Waals surface area contributed by atoms with Gasteiger partial charge in [-0.3, -0.25) is 9.36 Å². The Bertz CT molecular complexity index is 830. The molecule has 0 aliphatic carbocycles. The molecule has 0 aliphatic rings. The Morgan fingerprint density at radius 1 is 1.33 bits per heavy atom. The van der Waals surface area contributed by atoms with E-state index in [9.17, 15) is 9.90 Å². The fraction of sp³-hybridized carbons (Fsp3) is 0. The highest BCUT2D eigenvalue weighted by molar-refractivity contribution is 7.71. The van der Waals surface area contributed by atoms with Crippen LogP contribution in [0.5, 0.6) is 5.75 Å². The second-order valence-electron chi connectivity index (χ2n) is 3.62. The molecular formula is C11H7N3O2S2. The molecule has 7 heteroatoms. The Kier molecular flexibility index (Phi) is 2.49. The monoisotopic (exact) mass is 277 g/mol. The number of aromatic amines is 1. The minimum Gasteiger partial charge on any atom is -0.508 e. The lowest BCUT2D eigenvalue weighted by molar-refractivity contribution is 0.475. The zero-order chi connectivity index (χ0) is 12.7. The van der Waals surface area contributed by atoms with Gasteiger partial charge in [0.2, 0.25) is 0 Å². The third kappa shape index (κ3) is 1.64. The standard InChI is InChI=1S/C11H7N3O2S2/c15-7-3-1-6(2-4-7)14-10(16)8-9(12-5-18-8)13-11(14)17/h1-5,15H,(H,13,17). The molecule has 0 spiro atoms. The molecule has 0 unspecified atom stereocenters. The quantitative estimate of drug-likeness (QED) is 0.669. The lowest BCUT2D eigenvalue weighted by Gasteiger charge is -2.05. The Labute approximate surface area is 110 Å². The van der Waals surface area contributed by atoms with Crippen molar-refractivity contribution in [2.24, 2.45) is 0 Å². The fourth-order valence-electron chi connectivity index (χ4n) is 1.67. The molecule has 1 aromatic carbocycles. The zero-order valence-corrected chi connectivity index (χ0v) is 10.6. The lowest BCUT2D eigenvalue weighted by atomic mass is 10.3. The predicted molar refractivity (Wildman–Crippen MR) is 72.1 cm³/mol. The van der Waals surface area contributed by atoms with Gasteiger partial charge in [-0.25, -0.2) is 4.98 Å². The summed E-state index contributed by atoms with van der Waals surface area (Å²) in [5, 5.41) is 9.25. The number of nitrogens with zero attached hydrogens (tertiary/aromatic N) is 2. The summed E-state index contributed by atoms with van der Waals surface area (Å²) in [5.74, 6) is 0.139. The molecule has 3 aromatic rings. The molecule has 0 aliphatic heterocycles. The van der Waals surface area contributed by atoms with E-state index < -0.39 is 0 Å². The van der Waals surface area contributed by atoms with Gasteiger partial charge in [0.1, 0.15) is 10.4 Å². The number of benzene rings is 1. The first-order valence-electron chi connectivity index (χ1n) is 5.05. The van der Waals surface area contributed by atoms with Crippen molar-refractivity contribution < 1.29 is 5.11 Å². The number of aromatic hydroxyl groups is 1. The van der Waals surface area contributed by atoms with E-state index >= 15 is 0 Å². The predicted octanol–water partition coefficient (Wildman–Crippen LogP) is 2.21. The number of phenols is 1. The van der Waals surface area contributed by atoms with Crippen molar-refractivity contribution >= 4 is 33.9 Å². The number of thiazole rings is 1. The number of H-pyrrole nitrogens is 1. The summed E-state index contributed by atoms with van der Waals surface area (Å²) >= 11 is 6.42.